The Bertz CT molecular complexity index is 3050. The number of carbonyl (C=O) groups is 4. The number of nitrogens with one attached hydrogen (secondary N) is 3. The van der Waals surface area contributed by atoms with E-state index in [0.29, 0.717) is 72.6 Å². The number of rotatable bonds is 26. The van der Waals surface area contributed by atoms with E-state index in [2.05, 4.69) is 55.2 Å². The minimum atomic E-state index is -2.11. The molecule has 7 rings (SSSR count). The number of aliphatic carboxylic acids is 1. The lowest BCUT2D eigenvalue weighted by molar-refractivity contribution is -0.194. The number of aromatic nitrogens is 1. The molecule has 4 unspecified atom stereocenters. The first-order chi connectivity index (χ1) is 38.9. The van der Waals surface area contributed by atoms with Crippen LogP contribution in [-0.4, -0.2) is 130 Å². The first-order valence-electron chi connectivity index (χ1n) is 27.8. The molecule has 3 aromatic carbocycles. The largest absolute Gasteiger partial charge is 0.478 e. The highest BCUT2D eigenvalue weighted by Gasteiger charge is 2.58. The number of carboxylic acids is 1. The van der Waals surface area contributed by atoms with Crippen LogP contribution in [0.4, 0.5) is 15.6 Å². The number of amides is 3. The van der Waals surface area contributed by atoms with Crippen LogP contribution in [0.1, 0.15) is 107 Å². The molecule has 442 valence electrons. The molecule has 3 aliphatic rings. The number of carboxylic acid groups (broad SMARTS) is 1. The van der Waals surface area contributed by atoms with Gasteiger partial charge in [-0.15, -0.1) is 0 Å². The van der Waals surface area contributed by atoms with Gasteiger partial charge in [0.2, 0.25) is 5.91 Å². The highest BCUT2D eigenvalue weighted by atomic mass is 32.1. The molecule has 0 spiro atoms. The van der Waals surface area contributed by atoms with Crippen molar-refractivity contribution < 1.29 is 48.3 Å². The van der Waals surface area contributed by atoms with E-state index >= 15 is 0 Å². The van der Waals surface area contributed by atoms with Crippen molar-refractivity contribution in [2.45, 2.75) is 111 Å². The molecular formula is C61H82N9O10PS. The Morgan fingerprint density at radius 2 is 1.70 bits per heavy atom. The second kappa shape index (κ2) is 27.7. The fraction of sp³-hybridized carbons (Fsp3) is 0.475. The number of anilines is 2. The highest BCUT2D eigenvalue weighted by molar-refractivity contribution is 7.45. The minimum Gasteiger partial charge on any atom is -0.478 e. The van der Waals surface area contributed by atoms with Gasteiger partial charge >= 0.3 is 12.1 Å². The number of likely N-dealkylation sites (N-methyl/N-ethyl adjacent to an activating group) is 1. The molecule has 1 aromatic heterocycles. The number of carbonyl (C=O) groups excluding carboxylic acids is 3. The third-order valence-corrected chi connectivity index (χ3v) is 17.3. The molecule has 2 aliphatic carbocycles. The number of benzene rings is 3. The molecule has 2 bridgehead atoms. The highest BCUT2D eigenvalue weighted by Crippen LogP contribution is 2.63. The van der Waals surface area contributed by atoms with E-state index < -0.39 is 26.0 Å². The van der Waals surface area contributed by atoms with E-state index in [-0.39, 0.29) is 84.3 Å². The van der Waals surface area contributed by atoms with Crippen LogP contribution in [0.15, 0.2) is 119 Å². The number of aliphatic imine (C=N–C) groups is 1. The SMILES string of the molecule is C=C(C(=O)O)/C(=C\C=C(/N)N1CCc2cccc(C(=O)Nc3nc4ccccc4s3)c2C1)C(=CN)C(C)=NCC1(C)CC2(C)CC(C)(C)CC(OCCOCCN(CCCP(O)O)C(=O)OCc3ccc(NC(=O)C(C)NC)cc3)(C1)C2. The minimum absolute atomic E-state index is 0.00548. The number of thiazole rings is 1. The Kier molecular flexibility index (Phi) is 21.3. The number of nitrogens with zero attached hydrogens (tertiary/aromatic N) is 4. The predicted molar refractivity (Wildman–Crippen MR) is 324 cm³/mol. The Hall–Kier alpha value is -6.51. The van der Waals surface area contributed by atoms with Gasteiger partial charge < -0.3 is 61.0 Å². The third kappa shape index (κ3) is 16.8. The number of fused-ring (bicyclic) bond motifs is 4. The summed E-state index contributed by atoms with van der Waals surface area (Å²) in [5.41, 5.74) is 17.9. The van der Waals surface area contributed by atoms with Gasteiger partial charge in [-0.05, 0) is 147 Å². The molecule has 1 aliphatic heterocycles. The molecule has 2 heterocycles. The summed E-state index contributed by atoms with van der Waals surface area (Å²) in [5.74, 6) is -1.28. The molecule has 2 fully saturated rings. The van der Waals surface area contributed by atoms with Crippen molar-refractivity contribution in [3.63, 3.8) is 0 Å². The lowest BCUT2D eigenvalue weighted by Crippen LogP contribution is -2.57. The molecule has 10 N–H and O–H groups in total. The number of nitrogens with two attached hydrogens (primary N) is 2. The van der Waals surface area contributed by atoms with Gasteiger partial charge in [0.05, 0.1) is 53.1 Å². The Morgan fingerprint density at radius 1 is 0.939 bits per heavy atom. The maximum absolute atomic E-state index is 13.7. The molecule has 0 radical (unpaired) electrons. The van der Waals surface area contributed by atoms with Crippen LogP contribution in [0.2, 0.25) is 0 Å². The van der Waals surface area contributed by atoms with E-state index in [0.717, 1.165) is 59.0 Å². The van der Waals surface area contributed by atoms with Gasteiger partial charge in [-0.2, -0.15) is 0 Å². The van der Waals surface area contributed by atoms with Crippen molar-refractivity contribution in [1.82, 2.24) is 20.1 Å². The second-order valence-corrected chi connectivity index (χ2v) is 25.7. The Balaban J connectivity index is 0.974. The quantitative estimate of drug-likeness (QED) is 0.00956. The molecule has 82 heavy (non-hydrogen) atoms. The molecular weight excluding hydrogens is 1080 g/mol. The summed E-state index contributed by atoms with van der Waals surface area (Å²) in [4.78, 5) is 84.2. The lowest BCUT2D eigenvalue weighted by Gasteiger charge is -2.61. The average molecular weight is 1160 g/mol. The van der Waals surface area contributed by atoms with E-state index in [1.54, 1.807) is 56.5 Å². The number of hydrogen-bond donors (Lipinski definition) is 8. The number of allylic oxidation sites excluding steroid dienone is 3. The van der Waals surface area contributed by atoms with Crippen LogP contribution in [0.5, 0.6) is 0 Å². The molecule has 4 atom stereocenters. The summed E-state index contributed by atoms with van der Waals surface area (Å²) in [7, 11) is -0.405. The van der Waals surface area contributed by atoms with Crippen LogP contribution in [0, 0.1) is 16.2 Å². The van der Waals surface area contributed by atoms with Crippen molar-refractivity contribution in [2.24, 2.45) is 32.7 Å². The standard InChI is InChI=1S/C61H82N9O10PS/c1-40(55(73)74)46(21-22-52(63)70-25-23-44-13-11-14-47(49(44)32-70)54(72)68-56-67-50-15-9-10-16-51(50)82-56)48(31-62)41(2)65-39-60(7)36-59(6)34-58(4,5)35-61(37-59,38-60)80-29-28-78-27-26-69(24-12-30-81(76)77)57(75)79-33-43-17-19-45(20-18-43)66-53(71)42(3)64-8/h9-11,13-22,31,42,64,76-77H,1,12,23-30,32-39,62-63H2,2-8H3,(H,66,71)(H,73,74)(H,67,68,72)/b46-21+,48-31?,52-22+,65-41?. The fourth-order valence-corrected chi connectivity index (χ4v) is 13.9. The zero-order valence-corrected chi connectivity index (χ0v) is 50.1. The van der Waals surface area contributed by atoms with Gasteiger partial charge in [0.15, 0.2) is 13.5 Å². The first-order valence-corrected chi connectivity index (χ1v) is 30.1. The van der Waals surface area contributed by atoms with Gasteiger partial charge in [-0.3, -0.25) is 19.9 Å². The maximum atomic E-state index is 13.7. The van der Waals surface area contributed by atoms with Crippen molar-refractivity contribution in [3.8, 4) is 0 Å². The summed E-state index contributed by atoms with van der Waals surface area (Å²) in [6, 6.07) is 20.1. The van der Waals surface area contributed by atoms with E-state index in [1.807, 2.05) is 48.2 Å². The van der Waals surface area contributed by atoms with Gasteiger partial charge in [0.1, 0.15) is 6.61 Å². The average Bonchev–Trinajstić information content (AvgIpc) is 1.83. The van der Waals surface area contributed by atoms with E-state index in [1.165, 1.54) is 22.4 Å². The lowest BCUT2D eigenvalue weighted by atomic mass is 9.48. The molecule has 2 saturated carbocycles. The summed E-state index contributed by atoms with van der Waals surface area (Å²) in [6.07, 6.45) is 9.61. The van der Waals surface area contributed by atoms with E-state index in [9.17, 15) is 34.1 Å². The zero-order valence-electron chi connectivity index (χ0n) is 48.4. The summed E-state index contributed by atoms with van der Waals surface area (Å²) in [5, 5.41) is 19.5. The van der Waals surface area contributed by atoms with Gasteiger partial charge in [-0.1, -0.05) is 82.0 Å². The summed E-state index contributed by atoms with van der Waals surface area (Å²) in [6.45, 7) is 19.3. The molecule has 19 nitrogen and oxygen atoms in total. The molecule has 3 amide bonds. The summed E-state index contributed by atoms with van der Waals surface area (Å²) >= 11 is 1.41. The number of para-hydroxylation sites is 1. The van der Waals surface area contributed by atoms with Crippen LogP contribution in [-0.2, 0) is 43.4 Å². The third-order valence-electron chi connectivity index (χ3n) is 15.6. The van der Waals surface area contributed by atoms with Crippen molar-refractivity contribution >= 4 is 70.3 Å². The Morgan fingerprint density at radius 3 is 2.40 bits per heavy atom. The number of hydrogen-bond acceptors (Lipinski definition) is 16. The number of ether oxygens (including phenoxy) is 3. The second-order valence-electron chi connectivity index (χ2n) is 23.5. The molecule has 21 heteroatoms. The Labute approximate surface area is 486 Å². The van der Waals surface area contributed by atoms with Gasteiger partial charge in [-0.25, -0.2) is 14.6 Å². The zero-order chi connectivity index (χ0) is 59.4. The van der Waals surface area contributed by atoms with Gasteiger partial charge in [0, 0.05) is 67.6 Å². The van der Waals surface area contributed by atoms with Crippen LogP contribution >= 0.6 is 19.7 Å². The maximum Gasteiger partial charge on any atom is 0.410 e. The van der Waals surface area contributed by atoms with Gasteiger partial charge in [0.25, 0.3) is 5.91 Å². The van der Waals surface area contributed by atoms with Crippen LogP contribution in [0.3, 0.4) is 0 Å². The van der Waals surface area contributed by atoms with Crippen LogP contribution in [0.25, 0.3) is 10.2 Å². The normalized spacial score (nSPS) is 21.4. The molecule has 0 saturated heterocycles. The first kappa shape index (κ1) is 63.1. The summed E-state index contributed by atoms with van der Waals surface area (Å²) < 4.78 is 19.7. The van der Waals surface area contributed by atoms with Crippen molar-refractivity contribution in [2.75, 3.05) is 69.8 Å². The van der Waals surface area contributed by atoms with Crippen molar-refractivity contribution in [1.29, 1.82) is 0 Å². The topological polar surface area (TPSA) is 277 Å². The van der Waals surface area contributed by atoms with E-state index in [4.69, 9.17) is 30.7 Å². The monoisotopic (exact) mass is 1160 g/mol. The smallest absolute Gasteiger partial charge is 0.410 e. The molecule has 4 aromatic rings. The van der Waals surface area contributed by atoms with Crippen molar-refractivity contribution in [3.05, 3.63) is 136 Å². The fourth-order valence-electron chi connectivity index (χ4n) is 12.6. The predicted octanol–water partition coefficient (Wildman–Crippen LogP) is 9.24. The van der Waals surface area contributed by atoms with Crippen LogP contribution < -0.4 is 27.4 Å².